The Morgan fingerprint density at radius 2 is 1.90 bits per heavy atom. The lowest BCUT2D eigenvalue weighted by atomic mass is 10.1. The number of carbonyl (C=O) groups is 1. The van der Waals surface area contributed by atoms with Crippen LogP contribution in [0.4, 0.5) is 4.39 Å². The highest BCUT2D eigenvalue weighted by Gasteiger charge is 2.13. The molecule has 0 bridgehead atoms. The largest absolute Gasteiger partial charge is 0.348 e. The highest BCUT2D eigenvalue weighted by molar-refractivity contribution is 9.08. The van der Waals surface area contributed by atoms with E-state index in [1.807, 2.05) is 24.3 Å². The van der Waals surface area contributed by atoms with Crippen molar-refractivity contribution in [2.24, 2.45) is 0 Å². The Balaban J connectivity index is 2.06. The van der Waals surface area contributed by atoms with E-state index < -0.39 is 11.7 Å². The molecule has 0 heterocycles. The maximum absolute atomic E-state index is 13.7. The lowest BCUT2D eigenvalue weighted by Gasteiger charge is -2.08. The van der Waals surface area contributed by atoms with Crippen LogP contribution in [0.25, 0.3) is 0 Å². The molecule has 2 aromatic carbocycles. The van der Waals surface area contributed by atoms with Gasteiger partial charge in [0, 0.05) is 11.9 Å². The van der Waals surface area contributed by atoms with Gasteiger partial charge in [-0.15, -0.1) is 0 Å². The molecule has 0 aliphatic rings. The van der Waals surface area contributed by atoms with Crippen molar-refractivity contribution in [1.82, 2.24) is 5.32 Å². The number of amides is 1. The molecule has 1 N–H and O–H groups in total. The van der Waals surface area contributed by atoms with Crippen LogP contribution in [0.15, 0.2) is 42.5 Å². The van der Waals surface area contributed by atoms with Gasteiger partial charge in [-0.2, -0.15) is 0 Å². The second-order valence-electron chi connectivity index (χ2n) is 4.24. The number of nitrogens with one attached hydrogen (secondary N) is 1. The zero-order valence-electron chi connectivity index (χ0n) is 10.5. The fourth-order valence-electron chi connectivity index (χ4n) is 1.78. The first-order chi connectivity index (χ1) is 9.61. The molecular weight excluding hydrogens is 345 g/mol. The quantitative estimate of drug-likeness (QED) is 0.813. The summed E-state index contributed by atoms with van der Waals surface area (Å²) in [5.74, 6) is -1.17. The molecule has 0 atom stereocenters. The Labute approximate surface area is 130 Å². The van der Waals surface area contributed by atoms with Crippen molar-refractivity contribution in [2.45, 2.75) is 11.9 Å². The molecule has 104 valence electrons. The maximum atomic E-state index is 13.7. The molecule has 2 aromatic rings. The third-order valence-electron chi connectivity index (χ3n) is 2.79. The summed E-state index contributed by atoms with van der Waals surface area (Å²) in [6.45, 7) is 0.339. The smallest absolute Gasteiger partial charge is 0.254 e. The molecule has 0 unspecified atom stereocenters. The zero-order valence-corrected chi connectivity index (χ0v) is 12.8. The molecule has 5 heteroatoms. The summed E-state index contributed by atoms with van der Waals surface area (Å²) in [6, 6.07) is 12.1. The number of hydrogen-bond donors (Lipinski definition) is 1. The number of alkyl halides is 1. The molecule has 0 radical (unpaired) electrons. The van der Waals surface area contributed by atoms with Gasteiger partial charge < -0.3 is 5.32 Å². The number of halogens is 3. The number of carbonyl (C=O) groups excluding carboxylic acids is 1. The minimum atomic E-state index is -0.694. The Morgan fingerprint density at radius 1 is 1.20 bits per heavy atom. The Hall–Kier alpha value is -1.39. The molecule has 0 saturated carbocycles. The molecule has 20 heavy (non-hydrogen) atoms. The van der Waals surface area contributed by atoms with Crippen LogP contribution in [0.1, 0.15) is 21.5 Å². The molecule has 0 spiro atoms. The molecule has 2 rings (SSSR count). The van der Waals surface area contributed by atoms with Crippen molar-refractivity contribution in [3.63, 3.8) is 0 Å². The van der Waals surface area contributed by atoms with Crippen molar-refractivity contribution in [3.8, 4) is 0 Å². The van der Waals surface area contributed by atoms with Crippen molar-refractivity contribution in [1.29, 1.82) is 0 Å². The van der Waals surface area contributed by atoms with Gasteiger partial charge in [-0.05, 0) is 23.3 Å². The Morgan fingerprint density at radius 3 is 2.65 bits per heavy atom. The summed E-state index contributed by atoms with van der Waals surface area (Å²) in [7, 11) is 0. The van der Waals surface area contributed by atoms with Crippen molar-refractivity contribution < 1.29 is 9.18 Å². The standard InChI is InChI=1S/C15H12BrClFNO/c16-8-10-3-1-4-11(7-10)9-19-15(20)12-5-2-6-13(17)14(12)18/h1-7H,8-9H2,(H,19,20). The van der Waals surface area contributed by atoms with Gasteiger partial charge in [-0.1, -0.05) is 57.9 Å². The van der Waals surface area contributed by atoms with Crippen molar-refractivity contribution >= 4 is 33.4 Å². The van der Waals surface area contributed by atoms with Gasteiger partial charge in [0.25, 0.3) is 5.91 Å². The lowest BCUT2D eigenvalue weighted by molar-refractivity contribution is 0.0947. The topological polar surface area (TPSA) is 29.1 Å². The highest BCUT2D eigenvalue weighted by Crippen LogP contribution is 2.18. The van der Waals surface area contributed by atoms with E-state index in [1.54, 1.807) is 6.07 Å². The van der Waals surface area contributed by atoms with Crippen LogP contribution in [-0.4, -0.2) is 5.91 Å². The SMILES string of the molecule is O=C(NCc1cccc(CBr)c1)c1cccc(Cl)c1F. The molecule has 2 nitrogen and oxygen atoms in total. The fraction of sp³-hybridized carbons (Fsp3) is 0.133. The van der Waals surface area contributed by atoms with Crippen molar-refractivity contribution in [3.05, 3.63) is 70.0 Å². The second kappa shape index (κ2) is 6.86. The van der Waals surface area contributed by atoms with Gasteiger partial charge in [0.2, 0.25) is 0 Å². The molecule has 0 saturated heterocycles. The summed E-state index contributed by atoms with van der Waals surface area (Å²) in [6.07, 6.45) is 0. The van der Waals surface area contributed by atoms with E-state index in [1.165, 1.54) is 12.1 Å². The van der Waals surface area contributed by atoms with Crippen LogP contribution >= 0.6 is 27.5 Å². The summed E-state index contributed by atoms with van der Waals surface area (Å²) in [4.78, 5) is 11.9. The fourth-order valence-corrected chi connectivity index (χ4v) is 2.30. The molecule has 0 aliphatic heterocycles. The van der Waals surface area contributed by atoms with E-state index in [0.717, 1.165) is 16.5 Å². The molecule has 0 fully saturated rings. The van der Waals surface area contributed by atoms with E-state index in [9.17, 15) is 9.18 Å². The maximum Gasteiger partial charge on any atom is 0.254 e. The van der Waals surface area contributed by atoms with Crippen LogP contribution in [0, 0.1) is 5.82 Å². The van der Waals surface area contributed by atoms with Crippen LogP contribution < -0.4 is 5.32 Å². The minimum Gasteiger partial charge on any atom is -0.348 e. The number of hydrogen-bond acceptors (Lipinski definition) is 1. The first kappa shape index (κ1) is 15.0. The van der Waals surface area contributed by atoms with Crippen LogP contribution in [0.2, 0.25) is 5.02 Å². The summed E-state index contributed by atoms with van der Waals surface area (Å²) in [5, 5.41) is 3.37. The Bertz CT molecular complexity index is 633. The summed E-state index contributed by atoms with van der Waals surface area (Å²) < 4.78 is 13.7. The Kier molecular flexibility index (Phi) is 5.15. The predicted octanol–water partition coefficient (Wildman–Crippen LogP) is 4.30. The van der Waals surface area contributed by atoms with Crippen LogP contribution in [0.3, 0.4) is 0 Å². The van der Waals surface area contributed by atoms with E-state index in [4.69, 9.17) is 11.6 Å². The lowest BCUT2D eigenvalue weighted by Crippen LogP contribution is -2.23. The molecular formula is C15H12BrClFNO. The van der Waals surface area contributed by atoms with Gasteiger partial charge in [0.15, 0.2) is 5.82 Å². The van der Waals surface area contributed by atoms with Gasteiger partial charge in [-0.25, -0.2) is 4.39 Å². The van der Waals surface area contributed by atoms with Gasteiger partial charge in [-0.3, -0.25) is 4.79 Å². The van der Waals surface area contributed by atoms with Gasteiger partial charge >= 0.3 is 0 Å². The second-order valence-corrected chi connectivity index (χ2v) is 5.21. The molecule has 1 amide bonds. The average molecular weight is 357 g/mol. The van der Waals surface area contributed by atoms with E-state index in [2.05, 4.69) is 21.2 Å². The third kappa shape index (κ3) is 3.58. The summed E-state index contributed by atoms with van der Waals surface area (Å²) >= 11 is 9.03. The van der Waals surface area contributed by atoms with E-state index in [-0.39, 0.29) is 10.6 Å². The number of rotatable bonds is 4. The van der Waals surface area contributed by atoms with Gasteiger partial charge in [0.05, 0.1) is 10.6 Å². The molecule has 0 aliphatic carbocycles. The zero-order chi connectivity index (χ0) is 14.5. The average Bonchev–Trinajstić information content (AvgIpc) is 2.48. The van der Waals surface area contributed by atoms with Crippen LogP contribution in [0.5, 0.6) is 0 Å². The monoisotopic (exact) mass is 355 g/mol. The van der Waals surface area contributed by atoms with Gasteiger partial charge in [0.1, 0.15) is 0 Å². The first-order valence-electron chi connectivity index (χ1n) is 5.98. The number of benzene rings is 2. The minimum absolute atomic E-state index is 0.0471. The van der Waals surface area contributed by atoms with Crippen LogP contribution in [-0.2, 0) is 11.9 Å². The summed E-state index contributed by atoms with van der Waals surface area (Å²) in [5.41, 5.74) is 2.03. The molecule has 0 aromatic heterocycles. The highest BCUT2D eigenvalue weighted by atomic mass is 79.9. The predicted molar refractivity (Wildman–Crippen MR) is 81.7 cm³/mol. The van der Waals surface area contributed by atoms with E-state index in [0.29, 0.717) is 6.54 Å². The normalized spacial score (nSPS) is 10.3. The third-order valence-corrected chi connectivity index (χ3v) is 3.73. The van der Waals surface area contributed by atoms with Crippen molar-refractivity contribution in [2.75, 3.05) is 0 Å². The van der Waals surface area contributed by atoms with E-state index >= 15 is 0 Å². The first-order valence-corrected chi connectivity index (χ1v) is 7.47.